The fourth-order valence-electron chi connectivity index (χ4n) is 0.599. The van der Waals surface area contributed by atoms with Crippen LogP contribution in [0.15, 0.2) is 4.99 Å². The summed E-state index contributed by atoms with van der Waals surface area (Å²) in [7, 11) is 0. The third kappa shape index (κ3) is 7.52. The largest absolute Gasteiger partial charge is 0.370 e. The van der Waals surface area contributed by atoms with E-state index in [-0.39, 0.29) is 0 Å². The predicted molar refractivity (Wildman–Crippen MR) is 53.1 cm³/mol. The van der Waals surface area contributed by atoms with Crippen molar-refractivity contribution in [3.05, 3.63) is 0 Å². The molecule has 3 nitrogen and oxygen atoms in total. The van der Waals surface area contributed by atoms with E-state index in [1.807, 2.05) is 13.8 Å². The molecule has 4 heteroatoms. The van der Waals surface area contributed by atoms with E-state index < -0.39 is 0 Å². The maximum atomic E-state index is 5.55. The minimum absolute atomic E-state index is 0.369. The van der Waals surface area contributed by atoms with Crippen LogP contribution >= 0.6 is 11.8 Å². The Balaban J connectivity index is 3.46. The lowest BCUT2D eigenvalue weighted by atomic mass is 10.4. The topological polar surface area (TPSA) is 50.4 Å². The van der Waals surface area contributed by atoms with E-state index in [9.17, 15) is 0 Å². The normalized spacial score (nSPS) is 12.2. The zero-order valence-electron chi connectivity index (χ0n) is 7.42. The first-order chi connectivity index (χ1) is 5.16. The molecule has 0 saturated carbocycles. The molecule has 0 aliphatic heterocycles. The number of hydrogen-bond acceptors (Lipinski definition) is 2. The quantitative estimate of drug-likeness (QED) is 0.375. The highest BCUT2D eigenvalue weighted by Crippen LogP contribution is 1.89. The molecule has 11 heavy (non-hydrogen) atoms. The van der Waals surface area contributed by atoms with Crippen molar-refractivity contribution in [1.29, 1.82) is 0 Å². The average Bonchev–Trinajstić information content (AvgIpc) is 1.86. The van der Waals surface area contributed by atoms with Crippen molar-refractivity contribution < 1.29 is 0 Å². The van der Waals surface area contributed by atoms with Crippen LogP contribution < -0.4 is 11.1 Å². The summed E-state index contributed by atoms with van der Waals surface area (Å²) in [4.78, 5) is 4.12. The van der Waals surface area contributed by atoms with Crippen LogP contribution in [0.3, 0.4) is 0 Å². The molecule has 0 spiro atoms. The maximum Gasteiger partial charge on any atom is 0.188 e. The van der Waals surface area contributed by atoms with Crippen LogP contribution in [0.5, 0.6) is 0 Å². The molecular formula is C7H17N3S. The Hall–Kier alpha value is -0.380. The minimum Gasteiger partial charge on any atom is -0.370 e. The fourth-order valence-corrected chi connectivity index (χ4v) is 0.873. The van der Waals surface area contributed by atoms with Crippen molar-refractivity contribution in [2.45, 2.75) is 19.9 Å². The lowest BCUT2D eigenvalue weighted by Crippen LogP contribution is -2.36. The van der Waals surface area contributed by atoms with Gasteiger partial charge in [0.25, 0.3) is 0 Å². The van der Waals surface area contributed by atoms with Gasteiger partial charge in [-0.3, -0.25) is 4.99 Å². The first-order valence-electron chi connectivity index (χ1n) is 3.72. The highest BCUT2D eigenvalue weighted by Gasteiger charge is 1.92. The minimum atomic E-state index is 0.369. The fraction of sp³-hybridized carbons (Fsp3) is 0.857. The molecule has 0 saturated heterocycles. The number of hydrogen-bond donors (Lipinski definition) is 2. The van der Waals surface area contributed by atoms with E-state index in [0.29, 0.717) is 12.0 Å². The van der Waals surface area contributed by atoms with Gasteiger partial charge in [-0.25, -0.2) is 0 Å². The van der Waals surface area contributed by atoms with Crippen LogP contribution in [-0.4, -0.2) is 30.6 Å². The smallest absolute Gasteiger partial charge is 0.188 e. The molecule has 0 aromatic heterocycles. The van der Waals surface area contributed by atoms with Gasteiger partial charge in [-0.2, -0.15) is 11.8 Å². The summed E-state index contributed by atoms with van der Waals surface area (Å²) >= 11 is 1.77. The molecule has 0 atom stereocenters. The van der Waals surface area contributed by atoms with Gasteiger partial charge in [-0.15, -0.1) is 0 Å². The summed E-state index contributed by atoms with van der Waals surface area (Å²) in [5, 5.41) is 3.02. The highest BCUT2D eigenvalue weighted by atomic mass is 32.2. The lowest BCUT2D eigenvalue weighted by molar-refractivity contribution is 0.725. The Morgan fingerprint density at radius 3 is 2.73 bits per heavy atom. The Morgan fingerprint density at radius 1 is 1.64 bits per heavy atom. The molecule has 0 aliphatic carbocycles. The lowest BCUT2D eigenvalue weighted by Gasteiger charge is -2.07. The Kier molecular flexibility index (Phi) is 6.12. The predicted octanol–water partition coefficient (Wildman–Crippen LogP) is 0.662. The Labute approximate surface area is 72.8 Å². The molecule has 0 radical (unpaired) electrons. The van der Waals surface area contributed by atoms with Crippen LogP contribution in [0.4, 0.5) is 0 Å². The zero-order valence-corrected chi connectivity index (χ0v) is 8.24. The van der Waals surface area contributed by atoms with Gasteiger partial charge in [0.1, 0.15) is 0 Å². The first-order valence-corrected chi connectivity index (χ1v) is 5.11. The second-order valence-corrected chi connectivity index (χ2v) is 3.54. The summed E-state index contributed by atoms with van der Waals surface area (Å²) in [6.45, 7) is 4.88. The molecule has 0 aromatic carbocycles. The van der Waals surface area contributed by atoms with Crippen LogP contribution in [0.25, 0.3) is 0 Å². The number of rotatable bonds is 4. The zero-order chi connectivity index (χ0) is 8.69. The Bertz CT molecular complexity index is 123. The standard InChI is InChI=1S/C7H17N3S/c1-6(2)10-7(8)9-4-5-11-3/h6H,4-5H2,1-3H3,(H3,8,9,10). The molecular weight excluding hydrogens is 158 g/mol. The van der Waals surface area contributed by atoms with E-state index >= 15 is 0 Å². The average molecular weight is 175 g/mol. The third-order valence-electron chi connectivity index (χ3n) is 1.01. The van der Waals surface area contributed by atoms with Crippen molar-refractivity contribution in [3.63, 3.8) is 0 Å². The van der Waals surface area contributed by atoms with Crippen molar-refractivity contribution in [2.75, 3.05) is 18.6 Å². The van der Waals surface area contributed by atoms with Gasteiger partial charge in [-0.1, -0.05) is 0 Å². The molecule has 0 unspecified atom stereocenters. The monoisotopic (exact) mass is 175 g/mol. The van der Waals surface area contributed by atoms with Crippen LogP contribution in [0.1, 0.15) is 13.8 Å². The second kappa shape index (κ2) is 6.34. The summed E-state index contributed by atoms with van der Waals surface area (Å²) in [6.07, 6.45) is 2.06. The number of thioether (sulfide) groups is 1. The molecule has 0 amide bonds. The second-order valence-electron chi connectivity index (χ2n) is 2.56. The number of aliphatic imine (C=N–C) groups is 1. The summed E-state index contributed by atoms with van der Waals surface area (Å²) in [5.41, 5.74) is 5.55. The van der Waals surface area contributed by atoms with Gasteiger partial charge in [0, 0.05) is 11.8 Å². The van der Waals surface area contributed by atoms with E-state index in [2.05, 4.69) is 16.6 Å². The SMILES string of the molecule is CSCCN=C(N)NC(C)C. The molecule has 66 valence electrons. The molecule has 0 fully saturated rings. The van der Waals surface area contributed by atoms with Crippen LogP contribution in [0.2, 0.25) is 0 Å². The van der Waals surface area contributed by atoms with Crippen LogP contribution in [-0.2, 0) is 0 Å². The number of guanidine groups is 1. The third-order valence-corrected chi connectivity index (χ3v) is 1.60. The van der Waals surface area contributed by atoms with E-state index in [0.717, 1.165) is 12.3 Å². The van der Waals surface area contributed by atoms with Gasteiger partial charge in [0.05, 0.1) is 6.54 Å². The van der Waals surface area contributed by atoms with Crippen LogP contribution in [0, 0.1) is 0 Å². The first kappa shape index (κ1) is 10.6. The summed E-state index contributed by atoms with van der Waals surface area (Å²) < 4.78 is 0. The molecule has 0 rings (SSSR count). The highest BCUT2D eigenvalue weighted by molar-refractivity contribution is 7.98. The molecule has 0 bridgehead atoms. The van der Waals surface area contributed by atoms with Gasteiger partial charge in [-0.05, 0) is 20.1 Å². The van der Waals surface area contributed by atoms with Gasteiger partial charge in [0.2, 0.25) is 0 Å². The van der Waals surface area contributed by atoms with Crippen molar-refractivity contribution in [1.82, 2.24) is 5.32 Å². The summed E-state index contributed by atoms with van der Waals surface area (Å²) in [6, 6.07) is 0.369. The van der Waals surface area contributed by atoms with E-state index in [1.54, 1.807) is 11.8 Å². The van der Waals surface area contributed by atoms with Gasteiger partial charge in [0.15, 0.2) is 5.96 Å². The molecule has 0 aliphatic rings. The number of nitrogens with zero attached hydrogens (tertiary/aromatic N) is 1. The maximum absolute atomic E-state index is 5.55. The molecule has 0 heterocycles. The van der Waals surface area contributed by atoms with Crippen molar-refractivity contribution in [3.8, 4) is 0 Å². The number of nitrogens with two attached hydrogens (primary N) is 1. The molecule has 3 N–H and O–H groups in total. The van der Waals surface area contributed by atoms with E-state index in [4.69, 9.17) is 5.73 Å². The van der Waals surface area contributed by atoms with Gasteiger partial charge >= 0.3 is 0 Å². The molecule has 0 aromatic rings. The van der Waals surface area contributed by atoms with Crippen molar-refractivity contribution >= 4 is 17.7 Å². The Morgan fingerprint density at radius 2 is 2.27 bits per heavy atom. The summed E-state index contributed by atoms with van der Waals surface area (Å²) in [5.74, 6) is 1.58. The van der Waals surface area contributed by atoms with E-state index in [1.165, 1.54) is 0 Å². The van der Waals surface area contributed by atoms with Crippen molar-refractivity contribution in [2.24, 2.45) is 10.7 Å². The van der Waals surface area contributed by atoms with Gasteiger partial charge < -0.3 is 11.1 Å². The number of nitrogens with one attached hydrogen (secondary N) is 1.